The number of benzene rings is 3. The Morgan fingerprint density at radius 2 is 1.04 bits per heavy atom. The molecule has 3 nitrogen and oxygen atoms in total. The Balaban J connectivity index is 0.00000261. The molecule has 0 saturated carbocycles. The van der Waals surface area contributed by atoms with E-state index in [0.717, 1.165) is 6.42 Å². The van der Waals surface area contributed by atoms with Crippen molar-refractivity contribution in [3.63, 3.8) is 0 Å². The summed E-state index contributed by atoms with van der Waals surface area (Å²) in [5, 5.41) is 17.9. The molecule has 134 valence electrons. The van der Waals surface area contributed by atoms with Gasteiger partial charge in [0.1, 0.15) is 0 Å². The third kappa shape index (κ3) is 5.32. The molecule has 0 unspecified atom stereocenters. The van der Waals surface area contributed by atoms with Crippen LogP contribution in [0.3, 0.4) is 0 Å². The molecule has 0 spiro atoms. The van der Waals surface area contributed by atoms with Gasteiger partial charge in [0.05, 0.1) is 0 Å². The van der Waals surface area contributed by atoms with Crippen molar-refractivity contribution in [1.82, 2.24) is 0 Å². The third-order valence-corrected chi connectivity index (χ3v) is 4.76. The van der Waals surface area contributed by atoms with Gasteiger partial charge in [-0.3, -0.25) is 0 Å². The van der Waals surface area contributed by atoms with Gasteiger partial charge in [0.25, 0.3) is 0 Å². The standard InChI is InChI=1S/C22H23BO3.Na.H/c24-23(25)26-18-10-17-22(19-11-4-1-5-12-19,20-13-6-2-7-14-20)21-15-8-3-9-16-21;;/h1-9,11-16,24-25H,10,17-18H2;;. The van der Waals surface area contributed by atoms with Crippen LogP contribution >= 0.6 is 0 Å². The van der Waals surface area contributed by atoms with Gasteiger partial charge < -0.3 is 14.7 Å². The van der Waals surface area contributed by atoms with Crippen molar-refractivity contribution in [2.45, 2.75) is 18.3 Å². The third-order valence-electron chi connectivity index (χ3n) is 4.76. The second kappa shape index (κ2) is 10.8. The van der Waals surface area contributed by atoms with E-state index in [1.54, 1.807) is 0 Å². The molecule has 3 aromatic carbocycles. The average molecular weight is 370 g/mol. The van der Waals surface area contributed by atoms with E-state index in [1.807, 2.05) is 18.2 Å². The van der Waals surface area contributed by atoms with Gasteiger partial charge in [0.15, 0.2) is 0 Å². The van der Waals surface area contributed by atoms with E-state index >= 15 is 0 Å². The molecule has 0 aromatic heterocycles. The van der Waals surface area contributed by atoms with Crippen LogP contribution in [0.4, 0.5) is 0 Å². The fraction of sp³-hybridized carbons (Fsp3) is 0.182. The van der Waals surface area contributed by atoms with Crippen LogP contribution in [0, 0.1) is 0 Å². The van der Waals surface area contributed by atoms with Crippen LogP contribution in [-0.4, -0.2) is 53.5 Å². The van der Waals surface area contributed by atoms with Gasteiger partial charge in [-0.2, -0.15) is 0 Å². The minimum absolute atomic E-state index is 0. The summed E-state index contributed by atoms with van der Waals surface area (Å²) in [4.78, 5) is 0. The van der Waals surface area contributed by atoms with Crippen LogP contribution in [0.2, 0.25) is 0 Å². The maximum atomic E-state index is 8.97. The van der Waals surface area contributed by atoms with Crippen molar-refractivity contribution in [1.29, 1.82) is 0 Å². The van der Waals surface area contributed by atoms with Gasteiger partial charge in [-0.25, -0.2) is 0 Å². The fourth-order valence-electron chi connectivity index (χ4n) is 3.63. The van der Waals surface area contributed by atoms with Gasteiger partial charge in [0, 0.05) is 12.0 Å². The fourth-order valence-corrected chi connectivity index (χ4v) is 3.63. The van der Waals surface area contributed by atoms with Crippen molar-refractivity contribution in [3.05, 3.63) is 108 Å². The van der Waals surface area contributed by atoms with Gasteiger partial charge >= 0.3 is 36.9 Å². The quantitative estimate of drug-likeness (QED) is 0.364. The predicted molar refractivity (Wildman–Crippen MR) is 112 cm³/mol. The summed E-state index contributed by atoms with van der Waals surface area (Å²) in [6.07, 6.45) is 1.48. The summed E-state index contributed by atoms with van der Waals surface area (Å²) in [5.74, 6) is 0. The SMILES string of the molecule is OB(O)OCCCC(c1ccccc1)(c1ccccc1)c1ccccc1.[NaH]. The van der Waals surface area contributed by atoms with Gasteiger partial charge in [-0.1, -0.05) is 91.0 Å². The second-order valence-electron chi connectivity index (χ2n) is 6.30. The van der Waals surface area contributed by atoms with E-state index in [1.165, 1.54) is 16.7 Å². The van der Waals surface area contributed by atoms with E-state index in [4.69, 9.17) is 14.7 Å². The maximum absolute atomic E-state index is 8.97. The molecule has 0 aliphatic rings. The summed E-state index contributed by atoms with van der Waals surface area (Å²) < 4.78 is 4.96. The molecular weight excluding hydrogens is 346 g/mol. The zero-order valence-corrected chi connectivity index (χ0v) is 14.7. The molecule has 0 fully saturated rings. The second-order valence-corrected chi connectivity index (χ2v) is 6.30. The van der Waals surface area contributed by atoms with E-state index in [0.29, 0.717) is 6.42 Å². The summed E-state index contributed by atoms with van der Waals surface area (Å²) in [6, 6.07) is 31.4. The minimum atomic E-state index is -1.73. The molecule has 5 heteroatoms. The topological polar surface area (TPSA) is 49.7 Å². The van der Waals surface area contributed by atoms with Crippen LogP contribution in [0.15, 0.2) is 91.0 Å². The van der Waals surface area contributed by atoms with Crippen molar-refractivity contribution >= 4 is 36.9 Å². The summed E-state index contributed by atoms with van der Waals surface area (Å²) in [7, 11) is -1.73. The molecule has 0 atom stereocenters. The Morgan fingerprint density at radius 3 is 1.37 bits per heavy atom. The first-order valence-electron chi connectivity index (χ1n) is 8.88. The summed E-state index contributed by atoms with van der Waals surface area (Å²) in [5.41, 5.74) is 3.30. The summed E-state index contributed by atoms with van der Waals surface area (Å²) >= 11 is 0. The molecule has 0 saturated heterocycles. The van der Waals surface area contributed by atoms with Crippen LogP contribution < -0.4 is 0 Å². The van der Waals surface area contributed by atoms with Crippen LogP contribution in [0.1, 0.15) is 29.5 Å². The number of hydrogen-bond donors (Lipinski definition) is 2. The van der Waals surface area contributed by atoms with E-state index in [-0.39, 0.29) is 41.6 Å². The van der Waals surface area contributed by atoms with E-state index < -0.39 is 7.32 Å². The van der Waals surface area contributed by atoms with Crippen molar-refractivity contribution in [2.24, 2.45) is 0 Å². The summed E-state index contributed by atoms with van der Waals surface area (Å²) in [6.45, 7) is 0.284. The first-order chi connectivity index (χ1) is 12.7. The number of rotatable bonds is 8. The van der Waals surface area contributed by atoms with Crippen LogP contribution in [0.5, 0.6) is 0 Å². The molecule has 3 rings (SSSR count). The first-order valence-corrected chi connectivity index (χ1v) is 8.88. The van der Waals surface area contributed by atoms with Gasteiger partial charge in [-0.05, 0) is 29.5 Å². The Labute approximate surface area is 183 Å². The molecule has 0 amide bonds. The molecule has 3 aromatic rings. The van der Waals surface area contributed by atoms with Crippen molar-refractivity contribution in [3.8, 4) is 0 Å². The van der Waals surface area contributed by atoms with E-state index in [9.17, 15) is 0 Å². The molecule has 0 heterocycles. The molecule has 2 N–H and O–H groups in total. The Kier molecular flexibility index (Phi) is 8.77. The zero-order chi connectivity index (χ0) is 18.2. The Morgan fingerprint density at radius 1 is 0.667 bits per heavy atom. The molecule has 0 radical (unpaired) electrons. The molecule has 0 aliphatic heterocycles. The van der Waals surface area contributed by atoms with Crippen LogP contribution in [-0.2, 0) is 10.1 Å². The molecular formula is C22H24BNaO3. The van der Waals surface area contributed by atoms with Crippen LogP contribution in [0.25, 0.3) is 0 Å². The Bertz CT molecular complexity index is 686. The average Bonchev–Trinajstić information content (AvgIpc) is 2.70. The Hall–Kier alpha value is -1.40. The normalized spacial score (nSPS) is 10.9. The molecule has 27 heavy (non-hydrogen) atoms. The van der Waals surface area contributed by atoms with Crippen molar-refractivity contribution in [2.75, 3.05) is 6.61 Å². The first kappa shape index (κ1) is 21.9. The van der Waals surface area contributed by atoms with Crippen molar-refractivity contribution < 1.29 is 14.7 Å². The monoisotopic (exact) mass is 370 g/mol. The van der Waals surface area contributed by atoms with E-state index in [2.05, 4.69) is 72.8 Å². The molecule has 0 aliphatic carbocycles. The van der Waals surface area contributed by atoms with Gasteiger partial charge in [0.2, 0.25) is 0 Å². The van der Waals surface area contributed by atoms with Gasteiger partial charge in [-0.15, -0.1) is 0 Å². The zero-order valence-electron chi connectivity index (χ0n) is 14.7. The predicted octanol–water partition coefficient (Wildman–Crippen LogP) is 3.14. The molecule has 0 bridgehead atoms. The number of hydrogen-bond acceptors (Lipinski definition) is 3.